The van der Waals surface area contributed by atoms with Crippen LogP contribution in [0.25, 0.3) is 6.08 Å². The van der Waals surface area contributed by atoms with E-state index in [0.29, 0.717) is 37.3 Å². The smallest absolute Gasteiger partial charge is 0.270 e. The van der Waals surface area contributed by atoms with Crippen molar-refractivity contribution >= 4 is 85.1 Å². The number of hydrogen-bond donors (Lipinski definition) is 0. The lowest BCUT2D eigenvalue weighted by Crippen LogP contribution is -2.27. The lowest BCUT2D eigenvalue weighted by Gasteiger charge is -2.14. The highest BCUT2D eigenvalue weighted by atomic mass is 79.9. The Balaban J connectivity index is 1.49. The van der Waals surface area contributed by atoms with Crippen molar-refractivity contribution in [3.8, 4) is 5.75 Å². The topological polar surface area (TPSA) is 29.5 Å². The Hall–Kier alpha value is -1.83. The number of halogens is 3. The van der Waals surface area contributed by atoms with E-state index in [1.165, 1.54) is 16.7 Å². The molecule has 1 aliphatic rings. The second-order valence-corrected chi connectivity index (χ2v) is 10.0. The summed E-state index contributed by atoms with van der Waals surface area (Å²) in [5.41, 5.74) is 2.54. The summed E-state index contributed by atoms with van der Waals surface area (Å²) in [6.45, 7) is 0.424. The molecule has 156 valence electrons. The first-order chi connectivity index (χ1) is 14.9. The van der Waals surface area contributed by atoms with Crippen LogP contribution in [0.15, 0.2) is 76.1 Å². The van der Waals surface area contributed by atoms with Crippen LogP contribution < -0.4 is 9.64 Å². The fourth-order valence-electron chi connectivity index (χ4n) is 2.92. The van der Waals surface area contributed by atoms with Crippen molar-refractivity contribution < 1.29 is 9.53 Å². The average molecular weight is 551 g/mol. The van der Waals surface area contributed by atoms with Gasteiger partial charge in [0, 0.05) is 10.0 Å². The molecule has 0 radical (unpaired) electrons. The van der Waals surface area contributed by atoms with Crippen molar-refractivity contribution in [2.24, 2.45) is 0 Å². The summed E-state index contributed by atoms with van der Waals surface area (Å²) >= 11 is 22.2. The van der Waals surface area contributed by atoms with Gasteiger partial charge >= 0.3 is 0 Å². The van der Waals surface area contributed by atoms with Crippen molar-refractivity contribution in [2.45, 2.75) is 6.61 Å². The van der Waals surface area contributed by atoms with Crippen LogP contribution in [-0.2, 0) is 11.4 Å². The normalized spacial score (nSPS) is 15.1. The van der Waals surface area contributed by atoms with Gasteiger partial charge in [-0.25, -0.2) is 0 Å². The number of rotatable bonds is 5. The van der Waals surface area contributed by atoms with Crippen LogP contribution in [0.5, 0.6) is 5.75 Å². The number of thiocarbonyl (C=S) groups is 1. The van der Waals surface area contributed by atoms with Gasteiger partial charge in [0.25, 0.3) is 5.91 Å². The fourth-order valence-corrected chi connectivity index (χ4v) is 5.04. The van der Waals surface area contributed by atoms with Gasteiger partial charge in [-0.05, 0) is 75.6 Å². The fraction of sp³-hybridized carbons (Fsp3) is 0.0435. The Morgan fingerprint density at radius 2 is 1.81 bits per heavy atom. The summed E-state index contributed by atoms with van der Waals surface area (Å²) in [7, 11) is 0. The third kappa shape index (κ3) is 5.33. The standard InChI is InChI=1S/C23H14BrCl2NO2S2/c24-19-10-15(6-9-20(19)29-13-14-4-7-16(25)8-5-14)11-21-22(28)27(23(30)31-21)18-3-1-2-17(26)12-18/h1-12H,13H2/b21-11-. The molecule has 0 spiro atoms. The molecular weight excluding hydrogens is 537 g/mol. The molecule has 1 aliphatic heterocycles. The molecule has 3 aromatic rings. The van der Waals surface area contributed by atoms with Gasteiger partial charge in [-0.2, -0.15) is 0 Å². The van der Waals surface area contributed by atoms with Crippen molar-refractivity contribution in [1.82, 2.24) is 0 Å². The monoisotopic (exact) mass is 549 g/mol. The van der Waals surface area contributed by atoms with Crippen molar-refractivity contribution in [3.63, 3.8) is 0 Å². The van der Waals surface area contributed by atoms with Gasteiger partial charge in [-0.15, -0.1) is 0 Å². The molecule has 31 heavy (non-hydrogen) atoms. The highest BCUT2D eigenvalue weighted by molar-refractivity contribution is 9.10. The van der Waals surface area contributed by atoms with Gasteiger partial charge in [0.15, 0.2) is 4.32 Å². The predicted octanol–water partition coefficient (Wildman–Crippen LogP) is 7.74. The van der Waals surface area contributed by atoms with Gasteiger partial charge in [0.2, 0.25) is 0 Å². The van der Waals surface area contributed by atoms with E-state index < -0.39 is 0 Å². The van der Waals surface area contributed by atoms with E-state index in [1.807, 2.05) is 54.6 Å². The largest absolute Gasteiger partial charge is 0.488 e. The van der Waals surface area contributed by atoms with Gasteiger partial charge in [0.1, 0.15) is 12.4 Å². The molecule has 0 aliphatic carbocycles. The van der Waals surface area contributed by atoms with Gasteiger partial charge in [-0.1, -0.05) is 71.4 Å². The van der Waals surface area contributed by atoms with Crippen LogP contribution in [-0.4, -0.2) is 10.2 Å². The molecule has 1 amide bonds. The molecule has 0 saturated carbocycles. The Bertz CT molecular complexity index is 1200. The summed E-state index contributed by atoms with van der Waals surface area (Å²) < 4.78 is 7.15. The van der Waals surface area contributed by atoms with Crippen molar-refractivity contribution in [2.75, 3.05) is 4.90 Å². The molecule has 8 heteroatoms. The minimum atomic E-state index is -0.170. The summed E-state index contributed by atoms with van der Waals surface area (Å²) in [6.07, 6.45) is 1.82. The van der Waals surface area contributed by atoms with E-state index in [0.717, 1.165) is 15.6 Å². The summed E-state index contributed by atoms with van der Waals surface area (Å²) in [4.78, 5) is 15.0. The summed E-state index contributed by atoms with van der Waals surface area (Å²) in [6, 6.07) is 20.3. The van der Waals surface area contributed by atoms with Crippen LogP contribution in [0.4, 0.5) is 5.69 Å². The Morgan fingerprint density at radius 3 is 2.52 bits per heavy atom. The zero-order valence-electron chi connectivity index (χ0n) is 15.8. The second kappa shape index (κ2) is 9.76. The lowest BCUT2D eigenvalue weighted by atomic mass is 10.2. The van der Waals surface area contributed by atoms with Crippen LogP contribution >= 0.6 is 63.1 Å². The number of carbonyl (C=O) groups excluding carboxylic acids is 1. The molecular formula is C23H14BrCl2NO2S2. The minimum absolute atomic E-state index is 0.170. The number of benzene rings is 3. The first-order valence-electron chi connectivity index (χ1n) is 9.11. The Kier molecular flexibility index (Phi) is 7.04. The van der Waals surface area contributed by atoms with Crippen LogP contribution in [0.1, 0.15) is 11.1 Å². The molecule has 3 nitrogen and oxygen atoms in total. The van der Waals surface area contributed by atoms with E-state index in [4.69, 9.17) is 40.2 Å². The second-order valence-electron chi connectivity index (χ2n) is 6.60. The highest BCUT2D eigenvalue weighted by Gasteiger charge is 2.33. The third-order valence-corrected chi connectivity index (χ3v) is 6.83. The first-order valence-corrected chi connectivity index (χ1v) is 11.9. The molecule has 0 N–H and O–H groups in total. The molecule has 0 unspecified atom stereocenters. The molecule has 4 rings (SSSR count). The number of ether oxygens (including phenoxy) is 1. The van der Waals surface area contributed by atoms with Crippen molar-refractivity contribution in [1.29, 1.82) is 0 Å². The number of nitrogens with zero attached hydrogens (tertiary/aromatic N) is 1. The van der Waals surface area contributed by atoms with Gasteiger partial charge in [0.05, 0.1) is 15.1 Å². The van der Waals surface area contributed by atoms with E-state index in [-0.39, 0.29) is 5.91 Å². The number of anilines is 1. The molecule has 1 fully saturated rings. The average Bonchev–Trinajstić information content (AvgIpc) is 3.01. The molecule has 0 aromatic heterocycles. The maximum Gasteiger partial charge on any atom is 0.270 e. The molecule has 1 heterocycles. The minimum Gasteiger partial charge on any atom is -0.488 e. The summed E-state index contributed by atoms with van der Waals surface area (Å²) in [5.74, 6) is 0.537. The zero-order valence-corrected chi connectivity index (χ0v) is 20.6. The molecule has 1 saturated heterocycles. The van der Waals surface area contributed by atoms with E-state index >= 15 is 0 Å². The zero-order chi connectivity index (χ0) is 22.0. The first kappa shape index (κ1) is 22.4. The highest BCUT2D eigenvalue weighted by Crippen LogP contribution is 2.37. The molecule has 0 atom stereocenters. The number of thioether (sulfide) groups is 1. The lowest BCUT2D eigenvalue weighted by molar-refractivity contribution is -0.113. The van der Waals surface area contributed by atoms with Gasteiger partial charge in [-0.3, -0.25) is 9.69 Å². The SMILES string of the molecule is O=C1/C(=C/c2ccc(OCc3ccc(Cl)cc3)c(Br)c2)SC(=S)N1c1cccc(Cl)c1. The maximum atomic E-state index is 12.9. The van der Waals surface area contributed by atoms with E-state index in [2.05, 4.69) is 15.9 Å². The molecule has 0 bridgehead atoms. The summed E-state index contributed by atoms with van der Waals surface area (Å²) in [5, 5.41) is 1.24. The maximum absolute atomic E-state index is 12.9. The Labute approximate surface area is 208 Å². The van der Waals surface area contributed by atoms with E-state index in [9.17, 15) is 4.79 Å². The number of hydrogen-bond acceptors (Lipinski definition) is 4. The third-order valence-electron chi connectivity index (χ3n) is 4.42. The number of carbonyl (C=O) groups is 1. The van der Waals surface area contributed by atoms with Gasteiger partial charge < -0.3 is 4.74 Å². The van der Waals surface area contributed by atoms with Crippen LogP contribution in [0.2, 0.25) is 10.0 Å². The van der Waals surface area contributed by atoms with Crippen molar-refractivity contribution in [3.05, 3.63) is 97.3 Å². The quantitative estimate of drug-likeness (QED) is 0.240. The van der Waals surface area contributed by atoms with E-state index in [1.54, 1.807) is 18.2 Å². The van der Waals surface area contributed by atoms with Crippen LogP contribution in [0, 0.1) is 0 Å². The van der Waals surface area contributed by atoms with Crippen LogP contribution in [0.3, 0.4) is 0 Å². The predicted molar refractivity (Wildman–Crippen MR) is 137 cm³/mol. The molecule has 3 aromatic carbocycles. The Morgan fingerprint density at radius 1 is 1.03 bits per heavy atom. The number of amides is 1.